The highest BCUT2D eigenvalue weighted by Gasteiger charge is 2.30. The van der Waals surface area contributed by atoms with E-state index in [1.165, 1.54) is 48.5 Å². The van der Waals surface area contributed by atoms with E-state index in [0.29, 0.717) is 0 Å². The summed E-state index contributed by atoms with van der Waals surface area (Å²) in [5.74, 6) is 0.376. The molecule has 0 bridgehead atoms. The SMILES string of the molecule is O=S(=O)(O)C(=C(c1ccc(Nc2nc(NCCO)nc(NCCO)n2)cc1)S(=O)(=O)O)c1ccc(Nc2nc(NCCO)nc(NCCO)n2)cc1. The van der Waals surface area contributed by atoms with Gasteiger partial charge in [-0.15, -0.1) is 0 Å². The van der Waals surface area contributed by atoms with Crippen LogP contribution in [-0.2, 0) is 20.2 Å². The number of rotatable bonds is 20. The number of aliphatic hydroxyl groups is 4. The number of anilines is 8. The smallest absolute Gasteiger partial charge is 0.296 e. The van der Waals surface area contributed by atoms with Crippen LogP contribution in [0.15, 0.2) is 48.5 Å². The van der Waals surface area contributed by atoms with Gasteiger partial charge >= 0.3 is 0 Å². The molecule has 12 N–H and O–H groups in total. The molecule has 22 nitrogen and oxygen atoms in total. The molecule has 2 heterocycles. The zero-order valence-electron chi connectivity index (χ0n) is 27.1. The molecule has 0 atom stereocenters. The molecule has 0 saturated heterocycles. The second-order valence-electron chi connectivity index (χ2n) is 10.2. The second-order valence-corrected chi connectivity index (χ2v) is 12.9. The van der Waals surface area contributed by atoms with Crippen LogP contribution in [-0.4, -0.2) is 129 Å². The predicted octanol–water partition coefficient (Wildman–Crippen LogP) is -0.238. The lowest BCUT2D eigenvalue weighted by Gasteiger charge is -2.14. The third kappa shape index (κ3) is 11.3. The highest BCUT2D eigenvalue weighted by Crippen LogP contribution is 2.35. The number of aromatic nitrogens is 6. The Morgan fingerprint density at radius 1 is 0.442 bits per heavy atom. The Labute approximate surface area is 297 Å². The predicted molar refractivity (Wildman–Crippen MR) is 191 cm³/mol. The summed E-state index contributed by atoms with van der Waals surface area (Å²) in [4.78, 5) is 22.7. The van der Waals surface area contributed by atoms with E-state index in [1.807, 2.05) is 0 Å². The Morgan fingerprint density at radius 2 is 0.692 bits per heavy atom. The van der Waals surface area contributed by atoms with E-state index in [0.717, 1.165) is 0 Å². The fraction of sp³-hybridized carbons (Fsp3) is 0.286. The van der Waals surface area contributed by atoms with E-state index >= 15 is 0 Å². The fourth-order valence-corrected chi connectivity index (χ4v) is 6.52. The van der Waals surface area contributed by atoms with E-state index in [1.54, 1.807) is 0 Å². The lowest BCUT2D eigenvalue weighted by molar-refractivity contribution is 0.310. The maximum absolute atomic E-state index is 12.7. The molecule has 0 unspecified atom stereocenters. The lowest BCUT2D eigenvalue weighted by atomic mass is 10.1. The van der Waals surface area contributed by atoms with Crippen molar-refractivity contribution in [3.05, 3.63) is 59.7 Å². The summed E-state index contributed by atoms with van der Waals surface area (Å²) in [5.41, 5.74) is -0.0230. The van der Waals surface area contributed by atoms with Gasteiger partial charge in [0.25, 0.3) is 20.2 Å². The third-order valence-electron chi connectivity index (χ3n) is 6.38. The molecule has 280 valence electrons. The van der Waals surface area contributed by atoms with Crippen molar-refractivity contribution < 1.29 is 46.4 Å². The summed E-state index contributed by atoms with van der Waals surface area (Å²) in [6.07, 6.45) is 0. The van der Waals surface area contributed by atoms with Crippen LogP contribution in [0.2, 0.25) is 0 Å². The van der Waals surface area contributed by atoms with E-state index in [4.69, 9.17) is 20.4 Å². The first-order valence-corrected chi connectivity index (χ1v) is 18.1. The summed E-state index contributed by atoms with van der Waals surface area (Å²) in [6, 6.07) is 10.0. The largest absolute Gasteiger partial charge is 0.395 e. The molecular weight excluding hydrogens is 729 g/mol. The van der Waals surface area contributed by atoms with Crippen LogP contribution >= 0.6 is 0 Å². The Bertz CT molecular complexity index is 1860. The fourth-order valence-electron chi connectivity index (χ4n) is 4.31. The van der Waals surface area contributed by atoms with Crippen molar-refractivity contribution in [2.24, 2.45) is 0 Å². The molecule has 24 heteroatoms. The second kappa shape index (κ2) is 18.2. The molecule has 4 aromatic rings. The van der Waals surface area contributed by atoms with E-state index in [-0.39, 0.29) is 111 Å². The average Bonchev–Trinajstić information content (AvgIpc) is 3.10. The van der Waals surface area contributed by atoms with Gasteiger partial charge in [0, 0.05) is 37.6 Å². The van der Waals surface area contributed by atoms with Gasteiger partial charge in [-0.3, -0.25) is 9.11 Å². The van der Waals surface area contributed by atoms with Crippen molar-refractivity contribution in [1.29, 1.82) is 0 Å². The molecule has 0 aliphatic rings. The van der Waals surface area contributed by atoms with Crippen LogP contribution in [0.1, 0.15) is 11.1 Å². The van der Waals surface area contributed by atoms with Crippen LogP contribution < -0.4 is 31.9 Å². The van der Waals surface area contributed by atoms with Gasteiger partial charge in [0.1, 0.15) is 9.81 Å². The van der Waals surface area contributed by atoms with Crippen molar-refractivity contribution in [1.82, 2.24) is 29.9 Å². The number of nitrogens with one attached hydrogen (secondary N) is 6. The van der Waals surface area contributed by atoms with Gasteiger partial charge in [-0.05, 0) is 35.4 Å². The lowest BCUT2D eigenvalue weighted by Crippen LogP contribution is -2.15. The first-order valence-electron chi connectivity index (χ1n) is 15.2. The third-order valence-corrected chi connectivity index (χ3v) is 8.42. The van der Waals surface area contributed by atoms with Crippen molar-refractivity contribution in [2.75, 3.05) is 84.5 Å². The van der Waals surface area contributed by atoms with E-state index in [2.05, 4.69) is 61.8 Å². The summed E-state index contributed by atoms with van der Waals surface area (Å²) >= 11 is 0. The number of hydrogen-bond donors (Lipinski definition) is 12. The Hall–Kier alpha value is -5.34. The van der Waals surface area contributed by atoms with Crippen molar-refractivity contribution >= 4 is 77.1 Å². The monoisotopic (exact) mass is 764 g/mol. The van der Waals surface area contributed by atoms with Crippen LogP contribution in [0.5, 0.6) is 0 Å². The zero-order chi connectivity index (χ0) is 37.7. The molecule has 0 amide bonds. The average molecular weight is 765 g/mol. The number of aliphatic hydroxyl groups excluding tert-OH is 4. The maximum Gasteiger partial charge on any atom is 0.296 e. The highest BCUT2D eigenvalue weighted by atomic mass is 32.2. The molecule has 0 radical (unpaired) electrons. The Morgan fingerprint density at radius 3 is 0.923 bits per heavy atom. The first-order chi connectivity index (χ1) is 24.8. The standard InChI is InChI=1S/C28H36N12O10S2/c41-13-9-29-23-35-24(30-10-14-42)38-27(37-23)33-19-5-1-17(2-6-19)21(51(45,46)47)22(52(48,49)50)18-3-7-20(8-4-18)34-28-39-25(31-11-15-43)36-26(40-28)32-12-16-44/h1-8,41-44H,9-16H2,(H,45,46,47)(H,48,49,50)(H3,29,30,33,35,37,38)(H3,31,32,34,36,39,40). The normalized spacial score (nSPS) is 12.1. The van der Waals surface area contributed by atoms with Gasteiger partial charge in [0.15, 0.2) is 0 Å². The first kappa shape index (κ1) is 39.4. The van der Waals surface area contributed by atoms with Crippen LogP contribution in [0.25, 0.3) is 9.81 Å². The van der Waals surface area contributed by atoms with Gasteiger partial charge < -0.3 is 52.3 Å². The van der Waals surface area contributed by atoms with Gasteiger partial charge in [-0.25, -0.2) is 0 Å². The molecule has 2 aromatic heterocycles. The molecule has 0 aliphatic carbocycles. The number of nitrogens with zero attached hydrogens (tertiary/aromatic N) is 6. The number of hydrogen-bond acceptors (Lipinski definition) is 20. The van der Waals surface area contributed by atoms with Gasteiger partial charge in [0.05, 0.1) is 26.4 Å². The quantitative estimate of drug-likeness (QED) is 0.0408. The van der Waals surface area contributed by atoms with Crippen LogP contribution in [0, 0.1) is 0 Å². The molecule has 0 fully saturated rings. The van der Waals surface area contributed by atoms with E-state index < -0.39 is 30.0 Å². The molecule has 52 heavy (non-hydrogen) atoms. The molecule has 0 aliphatic heterocycles. The molecule has 2 aromatic carbocycles. The summed E-state index contributed by atoms with van der Waals surface area (Å²) in [5, 5.41) is 53.4. The van der Waals surface area contributed by atoms with Crippen molar-refractivity contribution in [2.45, 2.75) is 0 Å². The molecular formula is C28H36N12O10S2. The maximum atomic E-state index is 12.7. The Balaban J connectivity index is 1.67. The molecule has 4 rings (SSSR count). The minimum Gasteiger partial charge on any atom is -0.395 e. The number of benzene rings is 2. The summed E-state index contributed by atoms with van der Waals surface area (Å²) in [7, 11) is -10.6. The van der Waals surface area contributed by atoms with Crippen molar-refractivity contribution in [3.63, 3.8) is 0 Å². The van der Waals surface area contributed by atoms with Gasteiger partial charge in [0.2, 0.25) is 35.7 Å². The molecule has 0 saturated carbocycles. The van der Waals surface area contributed by atoms with Gasteiger partial charge in [-0.1, -0.05) is 24.3 Å². The molecule has 0 spiro atoms. The topological polar surface area (TPSA) is 339 Å². The highest BCUT2D eigenvalue weighted by molar-refractivity contribution is 8.01. The van der Waals surface area contributed by atoms with Gasteiger partial charge in [-0.2, -0.15) is 46.7 Å². The van der Waals surface area contributed by atoms with E-state index in [9.17, 15) is 25.9 Å². The Kier molecular flexibility index (Phi) is 13.8. The zero-order valence-corrected chi connectivity index (χ0v) is 28.7. The minimum atomic E-state index is -5.30. The summed E-state index contributed by atoms with van der Waals surface area (Å²) in [6.45, 7) is -0.297. The van der Waals surface area contributed by atoms with Crippen LogP contribution in [0.3, 0.4) is 0 Å². The summed E-state index contributed by atoms with van der Waals surface area (Å²) < 4.78 is 71.2. The van der Waals surface area contributed by atoms with Crippen molar-refractivity contribution in [3.8, 4) is 0 Å². The van der Waals surface area contributed by atoms with Crippen LogP contribution in [0.4, 0.5) is 47.1 Å². The minimum absolute atomic E-state index is 0.00829.